The molecule has 0 amide bonds. The van der Waals surface area contributed by atoms with Gasteiger partial charge in [-0.3, -0.25) is 0 Å². The van der Waals surface area contributed by atoms with Crippen LogP contribution in [0.25, 0.3) is 0 Å². The number of carbonyl (C=O) groups excluding carboxylic acids is 1. The maximum Gasteiger partial charge on any atom is 0.128 e. The largest absolute Gasteiger partial charge is 0.380 e. The highest BCUT2D eigenvalue weighted by molar-refractivity contribution is 6.29. The van der Waals surface area contributed by atoms with E-state index in [0.29, 0.717) is 18.1 Å². The maximum atomic E-state index is 10.8. The van der Waals surface area contributed by atoms with E-state index in [-0.39, 0.29) is 0 Å². The molecule has 2 nitrogen and oxygen atoms in total. The Hall–Kier alpha value is -0.340. The molecule has 68 valence electrons. The molecule has 1 aliphatic heterocycles. The molecular weight excluding hydrogens is 176 g/mol. The molecule has 1 atom stereocenters. The molecule has 1 unspecified atom stereocenters. The third kappa shape index (κ3) is 2.32. The zero-order valence-electron chi connectivity index (χ0n) is 7.01. The van der Waals surface area contributed by atoms with Gasteiger partial charge in [0.15, 0.2) is 0 Å². The van der Waals surface area contributed by atoms with Crippen molar-refractivity contribution in [2.75, 3.05) is 13.2 Å². The Balaban J connectivity index is 2.59. The minimum absolute atomic E-state index is 0.392. The summed E-state index contributed by atoms with van der Waals surface area (Å²) < 4.78 is 5.25. The molecule has 3 heteroatoms. The fourth-order valence-corrected chi connectivity index (χ4v) is 1.80. The maximum absolute atomic E-state index is 10.8. The van der Waals surface area contributed by atoms with Crippen LogP contribution in [0.2, 0.25) is 0 Å². The Morgan fingerprint density at radius 3 is 2.92 bits per heavy atom. The molecule has 1 rings (SSSR count). The quantitative estimate of drug-likeness (QED) is 0.635. The highest BCUT2D eigenvalue weighted by Crippen LogP contribution is 2.33. The Kier molecular flexibility index (Phi) is 3.29. The van der Waals surface area contributed by atoms with Gasteiger partial charge in [-0.1, -0.05) is 18.2 Å². The van der Waals surface area contributed by atoms with Crippen molar-refractivity contribution >= 4 is 17.9 Å². The molecule has 0 radical (unpaired) electrons. The van der Waals surface area contributed by atoms with Crippen molar-refractivity contribution in [2.24, 2.45) is 5.41 Å². The zero-order valence-corrected chi connectivity index (χ0v) is 7.77. The Bertz CT molecular complexity index is 183. The first-order chi connectivity index (χ1) is 5.68. The summed E-state index contributed by atoms with van der Waals surface area (Å²) in [4.78, 5) is 10.8. The van der Waals surface area contributed by atoms with E-state index in [1.54, 1.807) is 0 Å². The molecule has 1 saturated heterocycles. The first-order valence-electron chi connectivity index (χ1n) is 4.06. The van der Waals surface area contributed by atoms with Crippen LogP contribution in [0.5, 0.6) is 0 Å². The predicted molar refractivity (Wildman–Crippen MR) is 48.2 cm³/mol. The van der Waals surface area contributed by atoms with Crippen LogP contribution >= 0.6 is 11.6 Å². The van der Waals surface area contributed by atoms with E-state index in [1.165, 1.54) is 0 Å². The summed E-state index contributed by atoms with van der Waals surface area (Å²) in [6.45, 7) is 4.84. The van der Waals surface area contributed by atoms with Crippen molar-refractivity contribution in [1.82, 2.24) is 0 Å². The lowest BCUT2D eigenvalue weighted by atomic mass is 9.81. The topological polar surface area (TPSA) is 26.3 Å². The number of hydrogen-bond acceptors (Lipinski definition) is 2. The second-order valence-electron chi connectivity index (χ2n) is 3.33. The molecule has 0 aromatic heterocycles. The molecule has 1 fully saturated rings. The summed E-state index contributed by atoms with van der Waals surface area (Å²) in [6, 6.07) is 0. The van der Waals surface area contributed by atoms with Gasteiger partial charge in [-0.15, -0.1) is 0 Å². The van der Waals surface area contributed by atoms with E-state index < -0.39 is 5.41 Å². The third-order valence-corrected chi connectivity index (χ3v) is 2.28. The molecule has 0 spiro atoms. The summed E-state index contributed by atoms with van der Waals surface area (Å²) in [5.74, 6) is 0. The summed E-state index contributed by atoms with van der Waals surface area (Å²) in [5.41, 5.74) is -0.392. The van der Waals surface area contributed by atoms with Crippen LogP contribution in [-0.2, 0) is 9.53 Å². The van der Waals surface area contributed by atoms with Gasteiger partial charge in [0.25, 0.3) is 0 Å². The van der Waals surface area contributed by atoms with Gasteiger partial charge in [0.05, 0.1) is 12.0 Å². The molecule has 0 aromatic carbocycles. The van der Waals surface area contributed by atoms with E-state index in [9.17, 15) is 4.79 Å². The van der Waals surface area contributed by atoms with Crippen LogP contribution in [0.1, 0.15) is 19.3 Å². The van der Waals surface area contributed by atoms with Crippen molar-refractivity contribution in [3.8, 4) is 0 Å². The van der Waals surface area contributed by atoms with Crippen LogP contribution in [-0.4, -0.2) is 19.5 Å². The lowest BCUT2D eigenvalue weighted by Gasteiger charge is -2.31. The average Bonchev–Trinajstić information content (AvgIpc) is 2.05. The molecule has 0 saturated carbocycles. The molecular formula is C9H13ClO2. The fourth-order valence-electron chi connectivity index (χ4n) is 1.53. The van der Waals surface area contributed by atoms with E-state index in [4.69, 9.17) is 16.3 Å². The van der Waals surface area contributed by atoms with Crippen LogP contribution in [0.4, 0.5) is 0 Å². The van der Waals surface area contributed by atoms with Crippen LogP contribution in [0.15, 0.2) is 11.6 Å². The number of halogens is 1. The van der Waals surface area contributed by atoms with Crippen molar-refractivity contribution in [1.29, 1.82) is 0 Å². The summed E-state index contributed by atoms with van der Waals surface area (Å²) in [6.07, 6.45) is 3.29. The lowest BCUT2D eigenvalue weighted by Crippen LogP contribution is -2.33. The van der Waals surface area contributed by atoms with Gasteiger partial charge in [0, 0.05) is 11.6 Å². The number of ether oxygens (including phenoxy) is 1. The standard InChI is InChI=1S/C9H13ClO2/c1-8(10)5-9(6-11)3-2-4-12-7-9/h6H,1-5,7H2. The van der Waals surface area contributed by atoms with Crippen molar-refractivity contribution in [3.63, 3.8) is 0 Å². The highest BCUT2D eigenvalue weighted by atomic mass is 35.5. The normalized spacial score (nSPS) is 29.8. The van der Waals surface area contributed by atoms with Crippen molar-refractivity contribution in [3.05, 3.63) is 11.6 Å². The van der Waals surface area contributed by atoms with Crippen LogP contribution in [0.3, 0.4) is 0 Å². The summed E-state index contributed by atoms with van der Waals surface area (Å²) in [5, 5.41) is 0.535. The van der Waals surface area contributed by atoms with Gasteiger partial charge in [-0.05, 0) is 19.3 Å². The Morgan fingerprint density at radius 1 is 1.75 bits per heavy atom. The molecule has 1 heterocycles. The van der Waals surface area contributed by atoms with Crippen LogP contribution < -0.4 is 0 Å². The Labute approximate surface area is 77.5 Å². The second-order valence-corrected chi connectivity index (χ2v) is 3.86. The SMILES string of the molecule is C=C(Cl)CC1(C=O)CCCOC1. The molecule has 0 N–H and O–H groups in total. The van der Waals surface area contributed by atoms with Crippen LogP contribution in [0, 0.1) is 5.41 Å². The fraction of sp³-hybridized carbons (Fsp3) is 0.667. The monoisotopic (exact) mass is 188 g/mol. The number of hydrogen-bond donors (Lipinski definition) is 0. The number of carbonyl (C=O) groups is 1. The number of allylic oxidation sites excluding steroid dienone is 1. The van der Waals surface area contributed by atoms with Crippen molar-refractivity contribution in [2.45, 2.75) is 19.3 Å². The molecule has 12 heavy (non-hydrogen) atoms. The third-order valence-electron chi connectivity index (χ3n) is 2.15. The van der Waals surface area contributed by atoms with Gasteiger partial charge >= 0.3 is 0 Å². The first-order valence-corrected chi connectivity index (χ1v) is 4.44. The molecule has 0 aliphatic carbocycles. The van der Waals surface area contributed by atoms with Gasteiger partial charge in [-0.25, -0.2) is 0 Å². The summed E-state index contributed by atoms with van der Waals surface area (Å²) in [7, 11) is 0. The van der Waals surface area contributed by atoms with E-state index in [0.717, 1.165) is 25.7 Å². The van der Waals surface area contributed by atoms with Gasteiger partial charge in [0.1, 0.15) is 6.29 Å². The second kappa shape index (κ2) is 4.06. The zero-order chi connectivity index (χ0) is 9.03. The van der Waals surface area contributed by atoms with Gasteiger partial charge in [0.2, 0.25) is 0 Å². The lowest BCUT2D eigenvalue weighted by molar-refractivity contribution is -0.123. The molecule has 1 aliphatic rings. The molecule has 0 aromatic rings. The minimum atomic E-state index is -0.392. The predicted octanol–water partition coefficient (Wildman–Crippen LogP) is 2.12. The smallest absolute Gasteiger partial charge is 0.128 e. The average molecular weight is 189 g/mol. The van der Waals surface area contributed by atoms with E-state index in [2.05, 4.69) is 6.58 Å². The molecule has 0 bridgehead atoms. The highest BCUT2D eigenvalue weighted by Gasteiger charge is 2.32. The van der Waals surface area contributed by atoms with E-state index in [1.807, 2.05) is 0 Å². The number of aldehydes is 1. The minimum Gasteiger partial charge on any atom is -0.380 e. The summed E-state index contributed by atoms with van der Waals surface area (Å²) >= 11 is 5.67. The van der Waals surface area contributed by atoms with Crippen molar-refractivity contribution < 1.29 is 9.53 Å². The first kappa shape index (κ1) is 9.75. The van der Waals surface area contributed by atoms with Gasteiger partial charge < -0.3 is 9.53 Å². The Morgan fingerprint density at radius 2 is 2.50 bits per heavy atom. The van der Waals surface area contributed by atoms with Gasteiger partial charge in [-0.2, -0.15) is 0 Å². The van der Waals surface area contributed by atoms with E-state index >= 15 is 0 Å². The number of rotatable bonds is 3.